The van der Waals surface area contributed by atoms with Crippen molar-refractivity contribution in [2.75, 3.05) is 24.5 Å². The van der Waals surface area contributed by atoms with Crippen LogP contribution in [0.4, 0.5) is 5.69 Å². The number of benzene rings is 2. The van der Waals surface area contributed by atoms with Crippen LogP contribution >= 0.6 is 0 Å². The van der Waals surface area contributed by atoms with E-state index in [0.717, 1.165) is 41.6 Å². The van der Waals surface area contributed by atoms with Gasteiger partial charge in [-0.3, -0.25) is 4.98 Å². The van der Waals surface area contributed by atoms with Crippen LogP contribution in [0.15, 0.2) is 73.1 Å². The van der Waals surface area contributed by atoms with Gasteiger partial charge in [0.1, 0.15) is 0 Å². The molecule has 3 aromatic rings. The molecular weight excluding hydrogens is 470 g/mol. The molecule has 0 spiro atoms. The van der Waals surface area contributed by atoms with Crippen LogP contribution in [-0.2, 0) is 29.7 Å². The number of rotatable bonds is 6. The second-order valence-corrected chi connectivity index (χ2v) is 11.4. The van der Waals surface area contributed by atoms with Crippen molar-refractivity contribution in [3.05, 3.63) is 95.3 Å². The summed E-state index contributed by atoms with van der Waals surface area (Å²) in [7, 11) is -3.69. The Morgan fingerprint density at radius 3 is 2.47 bits per heavy atom. The Hall–Kier alpha value is -3.25. The van der Waals surface area contributed by atoms with Crippen LogP contribution in [0, 0.1) is 11.3 Å². The molecule has 186 valence electrons. The van der Waals surface area contributed by atoms with Crippen LogP contribution in [0.2, 0.25) is 0 Å². The van der Waals surface area contributed by atoms with Crippen LogP contribution in [0.1, 0.15) is 41.5 Å². The lowest BCUT2D eigenvalue weighted by Gasteiger charge is -2.36. The number of hydrogen-bond donors (Lipinski definition) is 0. The smallest absolute Gasteiger partial charge is 0.282 e. The number of pyridine rings is 1. The standard InChI is InChI=1S/C28H31N5O2S/c29-18-24-11-12-28-26(16-24)21-33(36(34,35)32-14-5-2-6-15-32)27(17-23-8-3-1-4-9-23)22-31(28)20-25-10-7-13-30-19-25/h1,3-4,7-13,16,19,27H,2,5-6,14-15,17,20-22H2/t27-/m1/s1. The molecule has 8 heteroatoms. The van der Waals surface area contributed by atoms with Gasteiger partial charge in [-0.15, -0.1) is 0 Å². The Bertz CT molecular complexity index is 1320. The average Bonchev–Trinajstić information content (AvgIpc) is 3.07. The highest BCUT2D eigenvalue weighted by molar-refractivity contribution is 7.86. The van der Waals surface area contributed by atoms with Gasteiger partial charge in [-0.25, -0.2) is 0 Å². The summed E-state index contributed by atoms with van der Waals surface area (Å²) in [6.07, 6.45) is 7.05. The predicted octanol–water partition coefficient (Wildman–Crippen LogP) is 4.12. The van der Waals surface area contributed by atoms with Gasteiger partial charge in [0.05, 0.1) is 11.6 Å². The normalized spacial score (nSPS) is 19.3. The monoisotopic (exact) mass is 501 g/mol. The number of fused-ring (bicyclic) bond motifs is 1. The van der Waals surface area contributed by atoms with E-state index in [2.05, 4.69) is 28.1 Å². The van der Waals surface area contributed by atoms with Crippen LogP contribution in [0.3, 0.4) is 0 Å². The summed E-state index contributed by atoms with van der Waals surface area (Å²) in [6.45, 7) is 2.50. The molecule has 1 aromatic heterocycles. The van der Waals surface area contributed by atoms with Crippen molar-refractivity contribution in [2.45, 2.75) is 44.8 Å². The molecule has 3 heterocycles. The molecule has 1 fully saturated rings. The number of hydrogen-bond acceptors (Lipinski definition) is 5. The molecule has 0 aliphatic carbocycles. The third kappa shape index (κ3) is 5.29. The zero-order valence-corrected chi connectivity index (χ0v) is 21.1. The van der Waals surface area contributed by atoms with E-state index in [4.69, 9.17) is 0 Å². The summed E-state index contributed by atoms with van der Waals surface area (Å²) >= 11 is 0. The SMILES string of the molecule is N#Cc1ccc2c(c1)CN(S(=O)(=O)N1CCCCC1)[C@H](Cc1ccccc1)CN2Cc1cccnc1. The molecular formula is C28H31N5O2S. The summed E-state index contributed by atoms with van der Waals surface area (Å²) in [5, 5.41) is 9.58. The summed E-state index contributed by atoms with van der Waals surface area (Å²) in [4.78, 5) is 6.52. The molecule has 2 aliphatic rings. The lowest BCUT2D eigenvalue weighted by molar-refractivity contribution is 0.264. The highest BCUT2D eigenvalue weighted by atomic mass is 32.2. The van der Waals surface area contributed by atoms with Gasteiger partial charge >= 0.3 is 0 Å². The third-order valence-corrected chi connectivity index (χ3v) is 9.10. The van der Waals surface area contributed by atoms with Gasteiger partial charge in [0.2, 0.25) is 0 Å². The summed E-state index contributed by atoms with van der Waals surface area (Å²) in [5.41, 5.74) is 4.51. The topological polar surface area (TPSA) is 80.5 Å². The van der Waals surface area contributed by atoms with E-state index in [1.54, 1.807) is 14.8 Å². The molecule has 1 saturated heterocycles. The van der Waals surface area contributed by atoms with Crippen molar-refractivity contribution in [3.63, 3.8) is 0 Å². The fourth-order valence-electron chi connectivity index (χ4n) is 5.26. The molecule has 0 amide bonds. The van der Waals surface area contributed by atoms with Crippen molar-refractivity contribution in [3.8, 4) is 6.07 Å². The average molecular weight is 502 g/mol. The first-order valence-corrected chi connectivity index (χ1v) is 13.9. The first-order valence-electron chi connectivity index (χ1n) is 12.5. The number of aromatic nitrogens is 1. The van der Waals surface area contributed by atoms with Crippen molar-refractivity contribution in [2.24, 2.45) is 0 Å². The maximum absolute atomic E-state index is 14.1. The Labute approximate surface area is 213 Å². The van der Waals surface area contributed by atoms with Gasteiger partial charge in [-0.1, -0.05) is 42.8 Å². The molecule has 0 saturated carbocycles. The Morgan fingerprint density at radius 1 is 0.972 bits per heavy atom. The summed E-state index contributed by atoms with van der Waals surface area (Å²) in [5.74, 6) is 0. The van der Waals surface area contributed by atoms with E-state index >= 15 is 0 Å². The van der Waals surface area contributed by atoms with E-state index in [1.807, 2.05) is 54.7 Å². The molecule has 1 atom stereocenters. The van der Waals surface area contributed by atoms with Gasteiger partial charge in [0.15, 0.2) is 0 Å². The van der Waals surface area contributed by atoms with Crippen molar-refractivity contribution < 1.29 is 8.42 Å². The number of nitriles is 1. The van der Waals surface area contributed by atoms with E-state index in [0.29, 0.717) is 38.2 Å². The zero-order chi connectivity index (χ0) is 25.0. The quantitative estimate of drug-likeness (QED) is 0.508. The van der Waals surface area contributed by atoms with Crippen molar-refractivity contribution in [1.82, 2.24) is 13.6 Å². The Balaban J connectivity index is 1.58. The van der Waals surface area contributed by atoms with Crippen LogP contribution in [0.25, 0.3) is 0 Å². The maximum atomic E-state index is 14.1. The number of nitrogens with zero attached hydrogens (tertiary/aromatic N) is 5. The highest BCUT2D eigenvalue weighted by Crippen LogP contribution is 2.33. The second-order valence-electron chi connectivity index (χ2n) is 9.55. The number of piperidine rings is 1. The highest BCUT2D eigenvalue weighted by Gasteiger charge is 2.39. The second kappa shape index (κ2) is 10.8. The minimum atomic E-state index is -3.69. The maximum Gasteiger partial charge on any atom is 0.282 e. The molecule has 2 aromatic carbocycles. The lowest BCUT2D eigenvalue weighted by Crippen LogP contribution is -2.52. The lowest BCUT2D eigenvalue weighted by atomic mass is 10.1. The number of anilines is 1. The van der Waals surface area contributed by atoms with Crippen molar-refractivity contribution >= 4 is 15.9 Å². The minimum Gasteiger partial charge on any atom is -0.365 e. The Kier molecular flexibility index (Phi) is 7.33. The molecule has 36 heavy (non-hydrogen) atoms. The molecule has 0 unspecified atom stereocenters. The Morgan fingerprint density at radius 2 is 1.75 bits per heavy atom. The fourth-order valence-corrected chi connectivity index (χ4v) is 7.10. The molecule has 0 bridgehead atoms. The molecule has 0 N–H and O–H groups in total. The molecule has 0 radical (unpaired) electrons. The van der Waals surface area contributed by atoms with Gasteiger partial charge < -0.3 is 4.90 Å². The largest absolute Gasteiger partial charge is 0.365 e. The molecule has 2 aliphatic heterocycles. The zero-order valence-electron chi connectivity index (χ0n) is 20.3. The predicted molar refractivity (Wildman–Crippen MR) is 140 cm³/mol. The van der Waals surface area contributed by atoms with E-state index in [-0.39, 0.29) is 12.6 Å². The van der Waals surface area contributed by atoms with Gasteiger partial charge in [-0.2, -0.15) is 22.3 Å². The summed E-state index contributed by atoms with van der Waals surface area (Å²) in [6, 6.07) is 21.6. The van der Waals surface area contributed by atoms with Crippen molar-refractivity contribution in [1.29, 1.82) is 5.26 Å². The van der Waals surface area contributed by atoms with Crippen LogP contribution < -0.4 is 4.90 Å². The first-order chi connectivity index (χ1) is 17.5. The fraction of sp³-hybridized carbons (Fsp3) is 0.357. The summed E-state index contributed by atoms with van der Waals surface area (Å²) < 4.78 is 31.5. The first kappa shape index (κ1) is 24.4. The van der Waals surface area contributed by atoms with Gasteiger partial charge in [0.25, 0.3) is 10.2 Å². The van der Waals surface area contributed by atoms with Crippen LogP contribution in [-0.4, -0.2) is 47.7 Å². The van der Waals surface area contributed by atoms with Gasteiger partial charge in [0, 0.05) is 56.8 Å². The van der Waals surface area contributed by atoms with E-state index in [9.17, 15) is 13.7 Å². The minimum absolute atomic E-state index is 0.241. The molecule has 5 rings (SSSR count). The molecule has 7 nitrogen and oxygen atoms in total. The van der Waals surface area contributed by atoms with E-state index < -0.39 is 10.2 Å². The van der Waals surface area contributed by atoms with Gasteiger partial charge in [-0.05, 0) is 60.2 Å². The third-order valence-electron chi connectivity index (χ3n) is 7.06. The van der Waals surface area contributed by atoms with Crippen LogP contribution in [0.5, 0.6) is 0 Å². The van der Waals surface area contributed by atoms with E-state index in [1.165, 1.54) is 0 Å².